The number of aromatic nitrogens is 2. The number of para-hydroxylation sites is 1. The topological polar surface area (TPSA) is 17.8 Å². The molecule has 0 saturated carbocycles. The number of nitrogens with zero attached hydrogens (tertiary/aromatic N) is 2. The smallest absolute Gasteiger partial charge is 0.125 e. The third kappa shape index (κ3) is 2.43. The van der Waals surface area contributed by atoms with Crippen LogP contribution in [0.5, 0.6) is 0 Å². The Morgan fingerprint density at radius 2 is 1.90 bits per heavy atom. The predicted molar refractivity (Wildman–Crippen MR) is 89.3 cm³/mol. The number of halogens is 2. The fraction of sp³-hybridized carbons (Fsp3) is 0.235. The first-order valence-corrected chi connectivity index (χ1v) is 7.81. The highest BCUT2D eigenvalue weighted by Gasteiger charge is 2.19. The molecule has 1 unspecified atom stereocenters. The summed E-state index contributed by atoms with van der Waals surface area (Å²) in [6, 6.07) is 14.2. The molecule has 3 aromatic rings. The van der Waals surface area contributed by atoms with Crippen molar-refractivity contribution in [3.8, 4) is 0 Å². The maximum absolute atomic E-state index is 6.35. The first-order valence-electron chi connectivity index (χ1n) is 6.90. The molecule has 0 radical (unpaired) electrons. The Morgan fingerprint density at radius 1 is 1.14 bits per heavy atom. The van der Waals surface area contributed by atoms with Crippen LogP contribution >= 0.6 is 23.2 Å². The van der Waals surface area contributed by atoms with Gasteiger partial charge in [-0.2, -0.15) is 0 Å². The molecule has 2 aromatic carbocycles. The van der Waals surface area contributed by atoms with E-state index < -0.39 is 0 Å². The molecule has 0 aliphatic rings. The Kier molecular flexibility index (Phi) is 3.92. The fourth-order valence-electron chi connectivity index (χ4n) is 2.78. The van der Waals surface area contributed by atoms with Gasteiger partial charge in [-0.1, -0.05) is 41.9 Å². The van der Waals surface area contributed by atoms with Gasteiger partial charge in [0.05, 0.1) is 23.0 Å². The van der Waals surface area contributed by atoms with Gasteiger partial charge in [0.1, 0.15) is 5.82 Å². The van der Waals surface area contributed by atoms with Crippen molar-refractivity contribution in [1.82, 2.24) is 9.55 Å². The molecule has 1 heterocycles. The van der Waals surface area contributed by atoms with E-state index in [1.54, 1.807) is 0 Å². The first-order chi connectivity index (χ1) is 10.1. The number of alkyl halides is 1. The molecule has 21 heavy (non-hydrogen) atoms. The van der Waals surface area contributed by atoms with Gasteiger partial charge in [-0.15, -0.1) is 11.6 Å². The predicted octanol–water partition coefficient (Wildman–Crippen LogP) is 5.35. The van der Waals surface area contributed by atoms with Gasteiger partial charge in [0, 0.05) is 5.02 Å². The molecule has 0 aliphatic carbocycles. The number of hydrogen-bond acceptors (Lipinski definition) is 1. The normalized spacial score (nSPS) is 12.8. The van der Waals surface area contributed by atoms with E-state index in [1.807, 2.05) is 30.3 Å². The van der Waals surface area contributed by atoms with Gasteiger partial charge in [-0.25, -0.2) is 4.98 Å². The molecule has 0 spiro atoms. The Balaban J connectivity index is 2.24. The molecule has 1 atom stereocenters. The van der Waals surface area contributed by atoms with Crippen LogP contribution in [0.4, 0.5) is 0 Å². The Morgan fingerprint density at radius 3 is 2.62 bits per heavy atom. The molecule has 3 rings (SSSR count). The lowest BCUT2D eigenvalue weighted by Gasteiger charge is -2.18. The van der Waals surface area contributed by atoms with Crippen LogP contribution in [0.3, 0.4) is 0 Å². The van der Waals surface area contributed by atoms with Crippen LogP contribution in [0, 0.1) is 6.92 Å². The lowest BCUT2D eigenvalue weighted by Crippen LogP contribution is -2.10. The number of hydrogen-bond donors (Lipinski definition) is 0. The zero-order chi connectivity index (χ0) is 15.0. The van der Waals surface area contributed by atoms with Gasteiger partial charge in [-0.05, 0) is 37.1 Å². The van der Waals surface area contributed by atoms with E-state index in [4.69, 9.17) is 28.2 Å². The average molecular weight is 319 g/mol. The summed E-state index contributed by atoms with van der Waals surface area (Å²) >= 11 is 12.5. The van der Waals surface area contributed by atoms with Crippen molar-refractivity contribution < 1.29 is 0 Å². The van der Waals surface area contributed by atoms with Gasteiger partial charge in [0.25, 0.3) is 0 Å². The van der Waals surface area contributed by atoms with E-state index in [0.717, 1.165) is 33.0 Å². The van der Waals surface area contributed by atoms with E-state index in [2.05, 4.69) is 30.5 Å². The van der Waals surface area contributed by atoms with Gasteiger partial charge in [-0.3, -0.25) is 0 Å². The van der Waals surface area contributed by atoms with Crippen LogP contribution < -0.4 is 0 Å². The van der Waals surface area contributed by atoms with E-state index in [1.165, 1.54) is 0 Å². The summed E-state index contributed by atoms with van der Waals surface area (Å²) in [5.41, 5.74) is 4.33. The average Bonchev–Trinajstić information content (AvgIpc) is 2.87. The molecule has 0 amide bonds. The third-order valence-corrected chi connectivity index (χ3v) is 4.44. The molecule has 0 saturated heterocycles. The van der Waals surface area contributed by atoms with Crippen molar-refractivity contribution in [3.63, 3.8) is 0 Å². The monoisotopic (exact) mass is 318 g/mol. The summed E-state index contributed by atoms with van der Waals surface area (Å²) in [5, 5.41) is 0.764. The number of fused-ring (bicyclic) bond motifs is 1. The van der Waals surface area contributed by atoms with Gasteiger partial charge >= 0.3 is 0 Å². The number of benzene rings is 2. The highest BCUT2D eigenvalue weighted by atomic mass is 35.5. The van der Waals surface area contributed by atoms with Crippen LogP contribution in [-0.2, 0) is 5.88 Å². The number of aryl methyl sites for hydroxylation is 1. The zero-order valence-electron chi connectivity index (χ0n) is 12.0. The third-order valence-electron chi connectivity index (χ3n) is 3.86. The van der Waals surface area contributed by atoms with Crippen molar-refractivity contribution in [1.29, 1.82) is 0 Å². The largest absolute Gasteiger partial charge is 0.320 e. The SMILES string of the molecule is Cc1cccc2c1nc(CCl)n2C(C)c1ccccc1Cl. The molecule has 4 heteroatoms. The van der Waals surface area contributed by atoms with Crippen LogP contribution in [-0.4, -0.2) is 9.55 Å². The van der Waals surface area contributed by atoms with Crippen molar-refractivity contribution in [2.24, 2.45) is 0 Å². The molecule has 1 aromatic heterocycles. The minimum atomic E-state index is 0.0826. The summed E-state index contributed by atoms with van der Waals surface area (Å²) in [6.07, 6.45) is 0. The molecule has 0 fully saturated rings. The molecule has 0 N–H and O–H groups in total. The standard InChI is InChI=1S/C17H16Cl2N2/c1-11-6-5-9-15-17(11)20-16(10-18)21(15)12(2)13-7-3-4-8-14(13)19/h3-9,12H,10H2,1-2H3. The molecular formula is C17H16Cl2N2. The van der Waals surface area contributed by atoms with Crippen LogP contribution in [0.1, 0.15) is 29.9 Å². The second-order valence-corrected chi connectivity index (χ2v) is 5.85. The second kappa shape index (κ2) is 5.70. The Bertz CT molecular complexity index is 793. The van der Waals surface area contributed by atoms with E-state index in [0.29, 0.717) is 5.88 Å². The van der Waals surface area contributed by atoms with Gasteiger partial charge < -0.3 is 4.57 Å². The minimum Gasteiger partial charge on any atom is -0.320 e. The van der Waals surface area contributed by atoms with Crippen molar-refractivity contribution >= 4 is 34.2 Å². The van der Waals surface area contributed by atoms with Crippen molar-refractivity contribution in [2.45, 2.75) is 25.8 Å². The second-order valence-electron chi connectivity index (χ2n) is 5.17. The van der Waals surface area contributed by atoms with Crippen molar-refractivity contribution in [3.05, 3.63) is 64.4 Å². The molecule has 2 nitrogen and oxygen atoms in total. The lowest BCUT2D eigenvalue weighted by atomic mass is 10.1. The number of rotatable bonds is 3. The number of imidazole rings is 1. The highest BCUT2D eigenvalue weighted by Crippen LogP contribution is 2.31. The van der Waals surface area contributed by atoms with Crippen molar-refractivity contribution in [2.75, 3.05) is 0 Å². The first kappa shape index (κ1) is 14.4. The van der Waals surface area contributed by atoms with E-state index in [9.17, 15) is 0 Å². The molecule has 108 valence electrons. The van der Waals surface area contributed by atoms with E-state index in [-0.39, 0.29) is 6.04 Å². The highest BCUT2D eigenvalue weighted by molar-refractivity contribution is 6.31. The maximum Gasteiger partial charge on any atom is 0.125 e. The summed E-state index contributed by atoms with van der Waals surface area (Å²) < 4.78 is 2.18. The van der Waals surface area contributed by atoms with Gasteiger partial charge in [0.2, 0.25) is 0 Å². The van der Waals surface area contributed by atoms with Crippen LogP contribution in [0.25, 0.3) is 11.0 Å². The maximum atomic E-state index is 6.35. The summed E-state index contributed by atoms with van der Waals surface area (Å²) in [6.45, 7) is 4.19. The minimum absolute atomic E-state index is 0.0826. The molecular weight excluding hydrogens is 303 g/mol. The van der Waals surface area contributed by atoms with Gasteiger partial charge in [0.15, 0.2) is 0 Å². The summed E-state index contributed by atoms with van der Waals surface area (Å²) in [5.74, 6) is 1.25. The molecule has 0 aliphatic heterocycles. The quantitative estimate of drug-likeness (QED) is 0.595. The Labute approximate surface area is 134 Å². The van der Waals surface area contributed by atoms with Crippen LogP contribution in [0.2, 0.25) is 5.02 Å². The molecule has 0 bridgehead atoms. The van der Waals surface area contributed by atoms with E-state index >= 15 is 0 Å². The summed E-state index contributed by atoms with van der Waals surface area (Å²) in [7, 11) is 0. The fourth-order valence-corrected chi connectivity index (χ4v) is 3.27. The van der Waals surface area contributed by atoms with Crippen LogP contribution in [0.15, 0.2) is 42.5 Å². The Hall–Kier alpha value is -1.51. The zero-order valence-corrected chi connectivity index (χ0v) is 13.5. The lowest BCUT2D eigenvalue weighted by molar-refractivity contribution is 0.634. The summed E-state index contributed by atoms with van der Waals surface area (Å²) in [4.78, 5) is 4.69.